The summed E-state index contributed by atoms with van der Waals surface area (Å²) >= 11 is 0. The minimum atomic E-state index is 0.648. The molecule has 2 heterocycles. The molecule has 0 aliphatic carbocycles. The molecule has 0 N–H and O–H groups in total. The molecule has 10 aromatic rings. The summed E-state index contributed by atoms with van der Waals surface area (Å²) in [4.78, 5) is 15.0. The topological polar surface area (TPSA) is 43.6 Å². The highest BCUT2D eigenvalue weighted by Gasteiger charge is 2.18. The molecule has 0 amide bonds. The summed E-state index contributed by atoms with van der Waals surface area (Å²) in [6.45, 7) is 0. The Labute approximate surface area is 307 Å². The smallest absolute Gasteiger partial charge is 0.164 e. The fourth-order valence-corrected chi connectivity index (χ4v) is 7.62. The van der Waals surface area contributed by atoms with Crippen LogP contribution in [0.2, 0.25) is 0 Å². The summed E-state index contributed by atoms with van der Waals surface area (Å²) in [7, 11) is 0. The van der Waals surface area contributed by atoms with Gasteiger partial charge in [-0.05, 0) is 57.8 Å². The van der Waals surface area contributed by atoms with Crippen LogP contribution in [0, 0.1) is 0 Å². The number of hydrogen-bond donors (Lipinski definition) is 0. The van der Waals surface area contributed by atoms with Crippen LogP contribution in [0.4, 0.5) is 0 Å². The van der Waals surface area contributed by atoms with Crippen molar-refractivity contribution in [3.05, 3.63) is 194 Å². The van der Waals surface area contributed by atoms with Crippen molar-refractivity contribution in [2.45, 2.75) is 0 Å². The highest BCUT2D eigenvalue weighted by molar-refractivity contribution is 6.10. The molecule has 0 radical (unpaired) electrons. The van der Waals surface area contributed by atoms with Gasteiger partial charge in [0.15, 0.2) is 17.5 Å². The second-order valence-corrected chi connectivity index (χ2v) is 13.2. The van der Waals surface area contributed by atoms with Gasteiger partial charge in [0, 0.05) is 33.0 Å². The molecule has 53 heavy (non-hydrogen) atoms. The monoisotopic (exact) mass is 676 g/mol. The Morgan fingerprint density at radius 2 is 0.717 bits per heavy atom. The van der Waals surface area contributed by atoms with Crippen LogP contribution >= 0.6 is 0 Å². The lowest BCUT2D eigenvalue weighted by Crippen LogP contribution is -2.00. The molecule has 0 unspecified atom stereocenters. The van der Waals surface area contributed by atoms with Crippen molar-refractivity contribution in [3.63, 3.8) is 0 Å². The molecule has 8 aromatic carbocycles. The number of fused-ring (bicyclic) bond motifs is 4. The van der Waals surface area contributed by atoms with Gasteiger partial charge in [0.05, 0.1) is 16.7 Å². The zero-order chi connectivity index (χ0) is 35.1. The molecule has 0 saturated carbocycles. The van der Waals surface area contributed by atoms with Crippen LogP contribution in [-0.4, -0.2) is 19.5 Å². The van der Waals surface area contributed by atoms with Crippen LogP contribution in [0.5, 0.6) is 0 Å². The van der Waals surface area contributed by atoms with Gasteiger partial charge < -0.3 is 4.57 Å². The maximum Gasteiger partial charge on any atom is 0.164 e. The molecule has 0 aliphatic rings. The Morgan fingerprint density at radius 3 is 1.34 bits per heavy atom. The predicted octanol–water partition coefficient (Wildman–Crippen LogP) is 12.5. The lowest BCUT2D eigenvalue weighted by atomic mass is 9.92. The highest BCUT2D eigenvalue weighted by Crippen LogP contribution is 2.39. The Bertz CT molecular complexity index is 2840. The quantitative estimate of drug-likeness (QED) is 0.176. The van der Waals surface area contributed by atoms with Crippen LogP contribution in [0.3, 0.4) is 0 Å². The summed E-state index contributed by atoms with van der Waals surface area (Å²) in [6, 6.07) is 68.2. The van der Waals surface area contributed by atoms with Gasteiger partial charge in [-0.3, -0.25) is 0 Å². The largest absolute Gasteiger partial charge is 0.309 e. The number of rotatable bonds is 6. The van der Waals surface area contributed by atoms with Crippen molar-refractivity contribution in [2.75, 3.05) is 0 Å². The second-order valence-electron chi connectivity index (χ2n) is 13.2. The van der Waals surface area contributed by atoms with E-state index >= 15 is 0 Å². The molecule has 10 rings (SSSR count). The molecule has 0 bridgehead atoms. The van der Waals surface area contributed by atoms with Crippen LogP contribution in [0.25, 0.3) is 94.7 Å². The van der Waals surface area contributed by atoms with E-state index in [1.807, 2.05) is 60.7 Å². The molecule has 0 atom stereocenters. The molecule has 248 valence electrons. The van der Waals surface area contributed by atoms with Crippen molar-refractivity contribution in [2.24, 2.45) is 0 Å². The van der Waals surface area contributed by atoms with E-state index in [2.05, 4.69) is 138 Å². The lowest BCUT2D eigenvalue weighted by molar-refractivity contribution is 1.08. The van der Waals surface area contributed by atoms with Gasteiger partial charge in [-0.1, -0.05) is 164 Å². The van der Waals surface area contributed by atoms with Crippen LogP contribution in [0.15, 0.2) is 194 Å². The number of hydrogen-bond acceptors (Lipinski definition) is 3. The standard InChI is InChI=1S/C49H32N4/c1-3-16-33(17-4-1)47-50-48(34-18-5-2-6-19-34)52-49(51-47)43-31-30-37(39-23-7-8-24-40(39)43)35-20-15-21-36(32-35)38-22-9-12-27-44(38)53-45-28-13-10-25-41(45)42-26-11-14-29-46(42)53/h1-32H. The number of nitrogens with zero attached hydrogens (tertiary/aromatic N) is 4. The second kappa shape index (κ2) is 12.9. The lowest BCUT2D eigenvalue weighted by Gasteiger charge is -2.16. The first-order valence-corrected chi connectivity index (χ1v) is 17.9. The Balaban J connectivity index is 1.12. The van der Waals surface area contributed by atoms with Gasteiger partial charge in [-0.25, -0.2) is 15.0 Å². The molecular weight excluding hydrogens is 645 g/mol. The van der Waals surface area contributed by atoms with E-state index < -0.39 is 0 Å². The molecule has 4 heteroatoms. The van der Waals surface area contributed by atoms with Gasteiger partial charge in [0.25, 0.3) is 0 Å². The zero-order valence-electron chi connectivity index (χ0n) is 28.8. The van der Waals surface area contributed by atoms with Crippen molar-refractivity contribution in [3.8, 4) is 62.1 Å². The van der Waals surface area contributed by atoms with Gasteiger partial charge in [-0.2, -0.15) is 0 Å². The van der Waals surface area contributed by atoms with Crippen LogP contribution in [-0.2, 0) is 0 Å². The summed E-state index contributed by atoms with van der Waals surface area (Å²) in [5.41, 5.74) is 11.0. The van der Waals surface area contributed by atoms with Gasteiger partial charge in [0.1, 0.15) is 0 Å². The first kappa shape index (κ1) is 30.6. The molecular formula is C49H32N4. The minimum absolute atomic E-state index is 0.648. The maximum atomic E-state index is 5.06. The van der Waals surface area contributed by atoms with Crippen molar-refractivity contribution in [1.82, 2.24) is 19.5 Å². The van der Waals surface area contributed by atoms with E-state index in [4.69, 9.17) is 15.0 Å². The van der Waals surface area contributed by atoms with Crippen molar-refractivity contribution >= 4 is 32.6 Å². The highest BCUT2D eigenvalue weighted by atomic mass is 15.0. The zero-order valence-corrected chi connectivity index (χ0v) is 28.8. The third kappa shape index (κ3) is 5.36. The maximum absolute atomic E-state index is 5.06. The predicted molar refractivity (Wildman–Crippen MR) is 219 cm³/mol. The summed E-state index contributed by atoms with van der Waals surface area (Å²) < 4.78 is 2.40. The Kier molecular flexibility index (Phi) is 7.43. The van der Waals surface area contributed by atoms with Gasteiger partial charge in [0.2, 0.25) is 0 Å². The minimum Gasteiger partial charge on any atom is -0.309 e. The van der Waals surface area contributed by atoms with Crippen LogP contribution in [0.1, 0.15) is 0 Å². The molecule has 0 fully saturated rings. The van der Waals surface area contributed by atoms with E-state index in [1.54, 1.807) is 0 Å². The van der Waals surface area contributed by atoms with Gasteiger partial charge >= 0.3 is 0 Å². The average molecular weight is 677 g/mol. The van der Waals surface area contributed by atoms with E-state index in [9.17, 15) is 0 Å². The molecule has 2 aromatic heterocycles. The fraction of sp³-hybridized carbons (Fsp3) is 0. The Morgan fingerprint density at radius 1 is 0.283 bits per heavy atom. The normalized spacial score (nSPS) is 11.4. The Hall–Kier alpha value is -7.17. The SMILES string of the molecule is c1ccc(-c2nc(-c3ccccc3)nc(-c3ccc(-c4cccc(-c5ccccc5-n5c6ccccc6c6ccccc65)c4)c4ccccc34)n2)cc1. The van der Waals surface area contributed by atoms with E-state index in [1.165, 1.54) is 27.4 Å². The third-order valence-electron chi connectivity index (χ3n) is 10.1. The van der Waals surface area contributed by atoms with E-state index in [0.29, 0.717) is 17.5 Å². The summed E-state index contributed by atoms with van der Waals surface area (Å²) in [6.07, 6.45) is 0. The first-order valence-electron chi connectivity index (χ1n) is 17.9. The van der Waals surface area contributed by atoms with E-state index in [0.717, 1.165) is 49.8 Å². The van der Waals surface area contributed by atoms with Gasteiger partial charge in [-0.15, -0.1) is 0 Å². The van der Waals surface area contributed by atoms with E-state index in [-0.39, 0.29) is 0 Å². The summed E-state index contributed by atoms with van der Waals surface area (Å²) in [5.74, 6) is 1.95. The molecule has 0 saturated heterocycles. The first-order chi connectivity index (χ1) is 26.3. The number of aromatic nitrogens is 4. The third-order valence-corrected chi connectivity index (χ3v) is 10.1. The molecule has 0 spiro atoms. The van der Waals surface area contributed by atoms with Crippen molar-refractivity contribution < 1.29 is 0 Å². The van der Waals surface area contributed by atoms with Crippen LogP contribution < -0.4 is 0 Å². The average Bonchev–Trinajstić information content (AvgIpc) is 3.58. The number of benzene rings is 8. The van der Waals surface area contributed by atoms with Crippen molar-refractivity contribution in [1.29, 1.82) is 0 Å². The molecule has 0 aliphatic heterocycles. The summed E-state index contributed by atoms with van der Waals surface area (Å²) in [5, 5.41) is 4.73. The fourth-order valence-electron chi connectivity index (χ4n) is 7.62. The number of para-hydroxylation sites is 3. The molecule has 4 nitrogen and oxygen atoms in total.